The minimum Gasteiger partial charge on any atom is -0.161 e. The molecule has 4 aliphatic rings. The van der Waals surface area contributed by atoms with E-state index in [1.807, 2.05) is 0 Å². The summed E-state index contributed by atoms with van der Waals surface area (Å²) in [4.78, 5) is 0. The Morgan fingerprint density at radius 3 is 0.865 bits per heavy atom. The molecule has 0 saturated carbocycles. The minimum absolute atomic E-state index is 0.472. The first-order valence-corrected chi connectivity index (χ1v) is 22.4. The van der Waals surface area contributed by atoms with E-state index in [0.717, 1.165) is 0 Å². The molecule has 0 radical (unpaired) electrons. The van der Waals surface area contributed by atoms with Crippen LogP contribution in [0.3, 0.4) is 0 Å². The molecule has 4 heterocycles. The third-order valence-corrected chi connectivity index (χ3v) is 13.6. The van der Waals surface area contributed by atoms with Gasteiger partial charge < -0.3 is 0 Å². The molecule has 0 unspecified atom stereocenters. The van der Waals surface area contributed by atoms with Crippen molar-refractivity contribution in [2.45, 2.75) is 51.4 Å². The van der Waals surface area contributed by atoms with Crippen molar-refractivity contribution in [1.82, 2.24) is 18.7 Å². The fourth-order valence-electron chi connectivity index (χ4n) is 6.02. The average molecular weight is 765 g/mol. The summed E-state index contributed by atoms with van der Waals surface area (Å²) in [6, 6.07) is 22.4. The van der Waals surface area contributed by atoms with Gasteiger partial charge in [-0.05, 0) is 75.6 Å². The summed E-state index contributed by atoms with van der Waals surface area (Å²) in [6.07, 6.45) is 11.2. The van der Waals surface area contributed by atoms with E-state index in [-0.39, 0.29) is 0 Å². The van der Waals surface area contributed by atoms with Crippen LogP contribution in [0.15, 0.2) is 60.7 Å². The van der Waals surface area contributed by atoms with Crippen LogP contribution in [-0.4, -0.2) is 71.0 Å². The van der Waals surface area contributed by atoms with Gasteiger partial charge in [-0.3, -0.25) is 0 Å². The molecule has 4 fully saturated rings. The molecule has 0 N–H and O–H groups in total. The van der Waals surface area contributed by atoms with E-state index in [2.05, 4.69) is 79.3 Å². The summed E-state index contributed by atoms with van der Waals surface area (Å²) < 4.78 is 11.1. The Morgan fingerprint density at radius 1 is 0.432 bits per heavy atom. The van der Waals surface area contributed by atoms with Gasteiger partial charge in [-0.2, -0.15) is 18.7 Å². The molecule has 0 spiro atoms. The minimum atomic E-state index is -0.611. The molecule has 4 aliphatic heterocycles. The second-order valence-corrected chi connectivity index (χ2v) is 18.5. The van der Waals surface area contributed by atoms with Crippen molar-refractivity contribution in [2.75, 3.05) is 52.4 Å². The van der Waals surface area contributed by atoms with Gasteiger partial charge in [0.2, 0.25) is 0 Å². The predicted octanol–water partition coefficient (Wildman–Crippen LogP) is 6.47. The summed E-state index contributed by atoms with van der Waals surface area (Å²) in [6.45, 7) is 10.6. The van der Waals surface area contributed by atoms with Gasteiger partial charge in [0.15, 0.2) is 16.4 Å². The van der Waals surface area contributed by atoms with Crippen LogP contribution >= 0.6 is 35.3 Å². The molecule has 37 heavy (non-hydrogen) atoms. The van der Waals surface area contributed by atoms with E-state index in [9.17, 15) is 0 Å². The van der Waals surface area contributed by atoms with Gasteiger partial charge in [-0.15, -0.1) is 0 Å². The van der Waals surface area contributed by atoms with E-state index >= 15 is 0 Å². The van der Waals surface area contributed by atoms with Crippen molar-refractivity contribution >= 4 is 45.9 Å². The molecule has 4 nitrogen and oxygen atoms in total. The maximum Gasteiger partial charge on any atom is 0.172 e. The monoisotopic (exact) mass is 763 g/mol. The molecule has 9 heteroatoms. The molecule has 0 amide bonds. The third-order valence-electron chi connectivity index (χ3n) is 7.69. The molecular formula is C28H44Cl2N4P2Pt+2. The maximum absolute atomic E-state index is 4.88. The normalized spacial score (nSPS) is 21.4. The van der Waals surface area contributed by atoms with Gasteiger partial charge in [0.1, 0.15) is 10.6 Å². The Morgan fingerprint density at radius 2 is 0.649 bits per heavy atom. The quantitative estimate of drug-likeness (QED) is 0.313. The summed E-state index contributed by atoms with van der Waals surface area (Å²) in [5, 5.41) is 3.17. The fourth-order valence-corrected chi connectivity index (χ4v) is 12.2. The number of hydrogen-bond acceptors (Lipinski definition) is 4. The molecule has 0 bridgehead atoms. The summed E-state index contributed by atoms with van der Waals surface area (Å²) in [5.41, 5.74) is 0. The summed E-state index contributed by atoms with van der Waals surface area (Å²) in [5.74, 6) is 0. The van der Waals surface area contributed by atoms with E-state index < -0.39 is 32.9 Å². The van der Waals surface area contributed by atoms with E-state index in [1.54, 1.807) is 10.6 Å². The fraction of sp³-hybridized carbons (Fsp3) is 0.571. The van der Waals surface area contributed by atoms with Crippen LogP contribution in [0.4, 0.5) is 0 Å². The number of halogens is 2. The SMILES string of the molecule is [Cl][Pt][Cl].c1ccc([PH+](N2CCCC2)N2CCCC2)cc1.c1ccc([PH+](N2CCCC2)N2CCCC2)cc1. The molecule has 208 valence electrons. The Hall–Kier alpha value is 0.408. The van der Waals surface area contributed by atoms with E-state index in [0.29, 0.717) is 0 Å². The Kier molecular flexibility index (Phi) is 14.2. The molecule has 4 saturated heterocycles. The van der Waals surface area contributed by atoms with Gasteiger partial charge in [0, 0.05) is 52.4 Å². The maximum atomic E-state index is 4.88. The van der Waals surface area contributed by atoms with Crippen molar-refractivity contribution in [2.24, 2.45) is 0 Å². The van der Waals surface area contributed by atoms with Crippen molar-refractivity contribution in [3.8, 4) is 0 Å². The van der Waals surface area contributed by atoms with Gasteiger partial charge >= 0.3 is 35.3 Å². The zero-order valence-corrected chi connectivity index (χ0v) is 27.7. The Bertz CT molecular complexity index is 758. The topological polar surface area (TPSA) is 13.0 Å². The van der Waals surface area contributed by atoms with Gasteiger partial charge in [0.05, 0.1) is 0 Å². The summed E-state index contributed by atoms with van der Waals surface area (Å²) >= 11 is -0.472. The van der Waals surface area contributed by atoms with Crippen LogP contribution in [0.25, 0.3) is 0 Å². The standard InChI is InChI=1S/2C14H21N2P.2ClH.Pt/c2*1-2-8-14(9-3-1)17(15-10-4-5-11-15)16-12-6-7-13-16;;;/h2*1-3,8-9H,4-7,10-13H2;2*1H;/q;;;;+2. The number of benzene rings is 2. The van der Waals surface area contributed by atoms with E-state index in [1.165, 1.54) is 104 Å². The van der Waals surface area contributed by atoms with Gasteiger partial charge in [0.25, 0.3) is 0 Å². The second-order valence-electron chi connectivity index (χ2n) is 10.2. The molecule has 0 aromatic heterocycles. The second kappa shape index (κ2) is 17.3. The number of rotatable bonds is 6. The van der Waals surface area contributed by atoms with Crippen molar-refractivity contribution in [3.63, 3.8) is 0 Å². The Balaban J connectivity index is 0.000000157. The van der Waals surface area contributed by atoms with Crippen LogP contribution < -0.4 is 10.6 Å². The zero-order valence-electron chi connectivity index (χ0n) is 21.9. The number of hydrogen-bond donors (Lipinski definition) is 0. The first-order chi connectivity index (χ1) is 18.3. The van der Waals surface area contributed by atoms with Crippen molar-refractivity contribution < 1.29 is 16.5 Å². The number of nitrogens with zero attached hydrogens (tertiary/aromatic N) is 4. The van der Waals surface area contributed by atoms with Crippen LogP contribution in [-0.2, 0) is 16.5 Å². The van der Waals surface area contributed by atoms with E-state index in [4.69, 9.17) is 18.8 Å². The molecule has 0 atom stereocenters. The predicted molar refractivity (Wildman–Crippen MR) is 164 cm³/mol. The van der Waals surface area contributed by atoms with Crippen LogP contribution in [0.5, 0.6) is 0 Å². The zero-order chi connectivity index (χ0) is 25.7. The van der Waals surface area contributed by atoms with Crippen LogP contribution in [0, 0.1) is 0 Å². The molecule has 2 aromatic carbocycles. The van der Waals surface area contributed by atoms with Gasteiger partial charge in [-0.25, -0.2) is 0 Å². The van der Waals surface area contributed by atoms with Crippen molar-refractivity contribution in [3.05, 3.63) is 60.7 Å². The smallest absolute Gasteiger partial charge is 0.161 e. The Labute approximate surface area is 244 Å². The average Bonchev–Trinajstić information content (AvgIpc) is 3.77. The summed E-state index contributed by atoms with van der Waals surface area (Å²) in [7, 11) is 8.53. The van der Waals surface area contributed by atoms with Crippen LogP contribution in [0.1, 0.15) is 51.4 Å². The van der Waals surface area contributed by atoms with Crippen LogP contribution in [0.2, 0.25) is 0 Å². The largest absolute Gasteiger partial charge is 0.172 e. The van der Waals surface area contributed by atoms with Crippen molar-refractivity contribution in [1.29, 1.82) is 0 Å². The first-order valence-electron chi connectivity index (χ1n) is 14.0. The molecular weight excluding hydrogens is 720 g/mol. The van der Waals surface area contributed by atoms with Gasteiger partial charge in [-0.1, -0.05) is 36.4 Å². The molecule has 6 rings (SSSR count). The third kappa shape index (κ3) is 9.21. The molecule has 2 aromatic rings. The molecule has 0 aliphatic carbocycles. The first kappa shape index (κ1) is 30.4.